The van der Waals surface area contributed by atoms with Gasteiger partial charge in [-0.3, -0.25) is 19.2 Å². The quantitative estimate of drug-likeness (QED) is 0.506. The lowest BCUT2D eigenvalue weighted by Gasteiger charge is -2.42. The Bertz CT molecular complexity index is 501. The van der Waals surface area contributed by atoms with Gasteiger partial charge in [-0.15, -0.1) is 0 Å². The molecule has 1 aliphatic heterocycles. The lowest BCUT2D eigenvalue weighted by Crippen LogP contribution is -2.60. The highest BCUT2D eigenvalue weighted by molar-refractivity contribution is 5.68. The van der Waals surface area contributed by atoms with Crippen molar-refractivity contribution < 1.29 is 42.9 Å². The fourth-order valence-electron chi connectivity index (χ4n) is 2.50. The lowest BCUT2D eigenvalue weighted by atomic mass is 9.96. The maximum Gasteiger partial charge on any atom is 0.303 e. The minimum absolute atomic E-state index is 0.106. The van der Waals surface area contributed by atoms with Crippen molar-refractivity contribution in [2.24, 2.45) is 0 Å². The largest absolute Gasteiger partial charge is 0.460 e. The summed E-state index contributed by atoms with van der Waals surface area (Å²) in [6.07, 6.45) is -4.78. The molecule has 0 saturated carbocycles. The first-order valence-corrected chi connectivity index (χ1v) is 7.42. The number of esters is 4. The second-order valence-electron chi connectivity index (χ2n) is 5.41. The van der Waals surface area contributed by atoms with Crippen molar-refractivity contribution in [2.45, 2.75) is 65.1 Å². The topological polar surface area (TPSA) is 114 Å². The van der Waals surface area contributed by atoms with Crippen LogP contribution in [0.3, 0.4) is 0 Å². The van der Waals surface area contributed by atoms with Gasteiger partial charge in [0.15, 0.2) is 18.3 Å². The van der Waals surface area contributed by atoms with Crippen LogP contribution in [0.2, 0.25) is 0 Å². The van der Waals surface area contributed by atoms with Crippen molar-refractivity contribution in [1.82, 2.24) is 0 Å². The van der Waals surface area contributed by atoms with Gasteiger partial charge in [0.05, 0.1) is 6.61 Å². The Kier molecular flexibility index (Phi) is 7.15. The van der Waals surface area contributed by atoms with Gasteiger partial charge in [-0.25, -0.2) is 0 Å². The average Bonchev–Trinajstić information content (AvgIpc) is 2.39. The average molecular weight is 346 g/mol. The lowest BCUT2D eigenvalue weighted by molar-refractivity contribution is -0.239. The molecular weight excluding hydrogens is 324 g/mol. The molecule has 1 saturated heterocycles. The number of carbonyl (C=O) groups excluding carboxylic acids is 4. The third-order valence-corrected chi connectivity index (χ3v) is 3.20. The molecule has 24 heavy (non-hydrogen) atoms. The van der Waals surface area contributed by atoms with E-state index in [4.69, 9.17) is 23.7 Å². The maximum absolute atomic E-state index is 11.4. The molecule has 0 aromatic carbocycles. The van der Waals surface area contributed by atoms with Crippen molar-refractivity contribution in [1.29, 1.82) is 0 Å². The molecule has 0 aromatic heterocycles. The van der Waals surface area contributed by atoms with Crippen LogP contribution in [-0.2, 0) is 42.9 Å². The van der Waals surface area contributed by atoms with Crippen LogP contribution in [0.15, 0.2) is 0 Å². The number of ether oxygens (including phenoxy) is 5. The van der Waals surface area contributed by atoms with Gasteiger partial charge in [-0.05, 0) is 6.92 Å². The van der Waals surface area contributed by atoms with E-state index in [1.807, 2.05) is 0 Å². The van der Waals surface area contributed by atoms with Crippen LogP contribution >= 0.6 is 0 Å². The van der Waals surface area contributed by atoms with Gasteiger partial charge in [-0.2, -0.15) is 0 Å². The molecule has 0 aliphatic carbocycles. The third-order valence-electron chi connectivity index (χ3n) is 3.20. The molecule has 0 unspecified atom stereocenters. The number of carbonyl (C=O) groups is 4. The van der Waals surface area contributed by atoms with Crippen LogP contribution in [0.1, 0.15) is 34.6 Å². The van der Waals surface area contributed by atoms with Gasteiger partial charge >= 0.3 is 23.9 Å². The van der Waals surface area contributed by atoms with Crippen LogP contribution in [0.5, 0.6) is 0 Å². The predicted molar refractivity (Wildman–Crippen MR) is 77.6 cm³/mol. The fraction of sp³-hybridized carbons (Fsp3) is 0.733. The second kappa shape index (κ2) is 8.62. The molecule has 1 fully saturated rings. The van der Waals surface area contributed by atoms with E-state index in [0.29, 0.717) is 0 Å². The molecule has 9 heteroatoms. The van der Waals surface area contributed by atoms with Crippen LogP contribution in [0.25, 0.3) is 0 Å². The smallest absolute Gasteiger partial charge is 0.303 e. The number of hydrogen-bond acceptors (Lipinski definition) is 9. The summed E-state index contributed by atoms with van der Waals surface area (Å²) in [6, 6.07) is 0. The monoisotopic (exact) mass is 346 g/mol. The summed E-state index contributed by atoms with van der Waals surface area (Å²) >= 11 is 0. The summed E-state index contributed by atoms with van der Waals surface area (Å²) in [7, 11) is 0. The summed E-state index contributed by atoms with van der Waals surface area (Å²) in [5.41, 5.74) is 0. The zero-order chi connectivity index (χ0) is 18.4. The molecular formula is C15H22O9. The molecule has 1 aliphatic rings. The van der Waals surface area contributed by atoms with Crippen molar-refractivity contribution in [3.8, 4) is 0 Å². The summed E-state index contributed by atoms with van der Waals surface area (Å²) in [5, 5.41) is 0. The highest BCUT2D eigenvalue weighted by Gasteiger charge is 2.49. The summed E-state index contributed by atoms with van der Waals surface area (Å²) in [5.74, 6) is -2.44. The Hall–Kier alpha value is -2.16. The summed E-state index contributed by atoms with van der Waals surface area (Å²) in [6.45, 7) is 6.22. The Balaban J connectivity index is 3.09. The van der Waals surface area contributed by atoms with Gasteiger partial charge in [-0.1, -0.05) is 0 Å². The zero-order valence-corrected chi connectivity index (χ0v) is 14.3. The zero-order valence-electron chi connectivity index (χ0n) is 14.3. The van der Waals surface area contributed by atoms with Crippen molar-refractivity contribution >= 4 is 23.9 Å². The van der Waals surface area contributed by atoms with E-state index in [2.05, 4.69) is 0 Å². The molecule has 0 bridgehead atoms. The minimum atomic E-state index is -1.10. The molecule has 136 valence electrons. The van der Waals surface area contributed by atoms with Gasteiger partial charge in [0.1, 0.15) is 12.2 Å². The van der Waals surface area contributed by atoms with E-state index in [-0.39, 0.29) is 6.61 Å². The van der Waals surface area contributed by atoms with Crippen LogP contribution in [-0.4, -0.2) is 61.0 Å². The first kappa shape index (κ1) is 19.9. The predicted octanol–water partition coefficient (Wildman–Crippen LogP) is 0.132. The Labute approximate surface area is 139 Å². The SMILES string of the molecule is CC(=O)O[C@@H]1[C@@H]([C@@H](C)OC(C)=O)OC[C@@H](OC(C)=O)[C@H]1OC(C)=O. The van der Waals surface area contributed by atoms with Crippen LogP contribution < -0.4 is 0 Å². The third kappa shape index (κ3) is 5.80. The van der Waals surface area contributed by atoms with Gasteiger partial charge in [0.25, 0.3) is 0 Å². The van der Waals surface area contributed by atoms with E-state index >= 15 is 0 Å². The Morgan fingerprint density at radius 2 is 1.33 bits per heavy atom. The summed E-state index contributed by atoms with van der Waals surface area (Å²) in [4.78, 5) is 45.2. The van der Waals surface area contributed by atoms with Gasteiger partial charge < -0.3 is 23.7 Å². The standard InChI is InChI=1S/C15H22O9/c1-7(21-8(2)16)13-15(24-11(5)19)14(23-10(4)18)12(6-20-13)22-9(3)17/h7,12-15H,6H2,1-5H3/t7-,12-,13-,14-,15-/m1/s1. The molecule has 0 radical (unpaired) electrons. The molecule has 0 amide bonds. The molecule has 9 nitrogen and oxygen atoms in total. The van der Waals surface area contributed by atoms with E-state index in [9.17, 15) is 19.2 Å². The van der Waals surface area contributed by atoms with Crippen LogP contribution in [0, 0.1) is 0 Å². The van der Waals surface area contributed by atoms with Crippen molar-refractivity contribution in [3.05, 3.63) is 0 Å². The molecule has 1 heterocycles. The second-order valence-corrected chi connectivity index (χ2v) is 5.41. The first-order chi connectivity index (χ1) is 11.1. The van der Waals surface area contributed by atoms with E-state index in [0.717, 1.165) is 0 Å². The minimum Gasteiger partial charge on any atom is -0.460 e. The molecule has 0 aromatic rings. The maximum atomic E-state index is 11.4. The van der Waals surface area contributed by atoms with Crippen molar-refractivity contribution in [3.63, 3.8) is 0 Å². The normalized spacial score (nSPS) is 27.5. The molecule has 1 rings (SSSR count). The van der Waals surface area contributed by atoms with E-state index < -0.39 is 54.4 Å². The first-order valence-electron chi connectivity index (χ1n) is 7.42. The van der Waals surface area contributed by atoms with Crippen LogP contribution in [0.4, 0.5) is 0 Å². The summed E-state index contributed by atoms with van der Waals surface area (Å²) < 4.78 is 26.1. The number of rotatable bonds is 5. The molecule has 5 atom stereocenters. The highest BCUT2D eigenvalue weighted by Crippen LogP contribution is 2.27. The van der Waals surface area contributed by atoms with E-state index in [1.165, 1.54) is 27.7 Å². The fourth-order valence-corrected chi connectivity index (χ4v) is 2.50. The number of hydrogen-bond donors (Lipinski definition) is 0. The Morgan fingerprint density at radius 1 is 0.833 bits per heavy atom. The Morgan fingerprint density at radius 3 is 1.79 bits per heavy atom. The van der Waals surface area contributed by atoms with Gasteiger partial charge in [0.2, 0.25) is 0 Å². The van der Waals surface area contributed by atoms with Gasteiger partial charge in [0, 0.05) is 27.7 Å². The molecule has 0 N–H and O–H groups in total. The highest BCUT2D eigenvalue weighted by atomic mass is 16.7. The van der Waals surface area contributed by atoms with Crippen molar-refractivity contribution in [2.75, 3.05) is 6.61 Å². The molecule has 0 spiro atoms. The van der Waals surface area contributed by atoms with E-state index in [1.54, 1.807) is 6.92 Å².